The largest absolute Gasteiger partial charge is 0.287 e. The summed E-state index contributed by atoms with van der Waals surface area (Å²) in [6, 6.07) is 14.7. The molecule has 0 spiro atoms. The molecule has 0 radical (unpaired) electrons. The highest BCUT2D eigenvalue weighted by molar-refractivity contribution is 7.99. The van der Waals surface area contributed by atoms with Crippen LogP contribution >= 0.6 is 11.8 Å². The summed E-state index contributed by atoms with van der Waals surface area (Å²) in [6.45, 7) is 9.58. The SMILES string of the molecule is [C-]#[N+]c1cc2c3c([n+](C)cnc3c1)-c1c(cc3ccccc3c1C)S2. The van der Waals surface area contributed by atoms with E-state index in [1.165, 1.54) is 32.5 Å². The molecule has 3 nitrogen and oxygen atoms in total. The lowest BCUT2D eigenvalue weighted by molar-refractivity contribution is -0.662. The summed E-state index contributed by atoms with van der Waals surface area (Å²) in [5.74, 6) is 0. The lowest BCUT2D eigenvalue weighted by Crippen LogP contribution is -2.32. The van der Waals surface area contributed by atoms with Crippen LogP contribution in [-0.2, 0) is 7.05 Å². The maximum Gasteiger partial charge on any atom is 0.287 e. The number of aromatic nitrogens is 2. The van der Waals surface area contributed by atoms with Gasteiger partial charge in [0.1, 0.15) is 5.69 Å². The van der Waals surface area contributed by atoms with Crippen molar-refractivity contribution < 1.29 is 4.57 Å². The van der Waals surface area contributed by atoms with Crippen LogP contribution in [0.5, 0.6) is 0 Å². The Bertz CT molecular complexity index is 1250. The lowest BCUT2D eigenvalue weighted by atomic mass is 9.95. The molecule has 1 aromatic heterocycles. The van der Waals surface area contributed by atoms with Gasteiger partial charge in [-0.05, 0) is 41.5 Å². The first-order valence-corrected chi connectivity index (χ1v) is 8.89. The van der Waals surface area contributed by atoms with Crippen molar-refractivity contribution in [3.63, 3.8) is 0 Å². The minimum atomic E-state index is 0.642. The molecule has 0 atom stereocenters. The zero-order valence-corrected chi connectivity index (χ0v) is 14.7. The second-order valence-corrected chi connectivity index (χ2v) is 7.44. The second-order valence-electron chi connectivity index (χ2n) is 6.35. The molecule has 5 rings (SSSR count). The van der Waals surface area contributed by atoms with E-state index >= 15 is 0 Å². The van der Waals surface area contributed by atoms with Gasteiger partial charge in [-0.1, -0.05) is 41.0 Å². The molecule has 118 valence electrons. The molecule has 0 aliphatic carbocycles. The van der Waals surface area contributed by atoms with Crippen LogP contribution in [0.25, 0.3) is 37.8 Å². The third-order valence-electron chi connectivity index (χ3n) is 4.88. The van der Waals surface area contributed by atoms with E-state index in [2.05, 4.69) is 51.7 Å². The smallest absolute Gasteiger partial charge is 0.238 e. The summed E-state index contributed by atoms with van der Waals surface area (Å²) in [5.41, 5.74) is 5.30. The van der Waals surface area contributed by atoms with Crippen molar-refractivity contribution in [2.75, 3.05) is 0 Å². The second kappa shape index (κ2) is 5.05. The van der Waals surface area contributed by atoms with Crippen LogP contribution < -0.4 is 4.57 Å². The van der Waals surface area contributed by atoms with Crippen LogP contribution in [0.2, 0.25) is 0 Å². The van der Waals surface area contributed by atoms with E-state index in [-0.39, 0.29) is 0 Å². The Morgan fingerprint density at radius 3 is 2.80 bits per heavy atom. The van der Waals surface area contributed by atoms with Gasteiger partial charge in [0.2, 0.25) is 0 Å². The Kier molecular flexibility index (Phi) is 2.92. The average molecular weight is 340 g/mol. The summed E-state index contributed by atoms with van der Waals surface area (Å²) in [7, 11) is 2.04. The first-order chi connectivity index (χ1) is 12.2. The molecular weight excluding hydrogens is 326 g/mol. The number of hydrogen-bond acceptors (Lipinski definition) is 2. The fraction of sp³-hybridized carbons (Fsp3) is 0.0952. The predicted octanol–water partition coefficient (Wildman–Crippen LogP) is 5.20. The van der Waals surface area contributed by atoms with Gasteiger partial charge >= 0.3 is 0 Å². The van der Waals surface area contributed by atoms with Gasteiger partial charge in [-0.2, -0.15) is 0 Å². The molecule has 0 saturated heterocycles. The van der Waals surface area contributed by atoms with Gasteiger partial charge in [-0.3, -0.25) is 0 Å². The van der Waals surface area contributed by atoms with Gasteiger partial charge in [0.05, 0.1) is 19.0 Å². The van der Waals surface area contributed by atoms with E-state index in [4.69, 9.17) is 6.57 Å². The van der Waals surface area contributed by atoms with Crippen molar-refractivity contribution in [2.45, 2.75) is 16.7 Å². The van der Waals surface area contributed by atoms with Crippen LogP contribution in [0.1, 0.15) is 5.56 Å². The molecule has 0 N–H and O–H groups in total. The fourth-order valence-corrected chi connectivity index (χ4v) is 5.00. The van der Waals surface area contributed by atoms with E-state index < -0.39 is 0 Å². The number of benzene rings is 3. The van der Waals surface area contributed by atoms with E-state index in [9.17, 15) is 0 Å². The monoisotopic (exact) mass is 340 g/mol. The average Bonchev–Trinajstić information content (AvgIpc) is 2.63. The zero-order valence-electron chi connectivity index (χ0n) is 13.9. The zero-order chi connectivity index (χ0) is 17.1. The third-order valence-corrected chi connectivity index (χ3v) is 5.97. The number of hydrogen-bond donors (Lipinski definition) is 0. The van der Waals surface area contributed by atoms with E-state index in [0.717, 1.165) is 15.8 Å². The highest BCUT2D eigenvalue weighted by Crippen LogP contribution is 2.49. The van der Waals surface area contributed by atoms with Gasteiger partial charge in [0, 0.05) is 15.4 Å². The Labute approximate surface area is 149 Å². The van der Waals surface area contributed by atoms with Gasteiger partial charge in [-0.25, -0.2) is 9.41 Å². The highest BCUT2D eigenvalue weighted by atomic mass is 32.2. The molecule has 1 aliphatic rings. The summed E-state index contributed by atoms with van der Waals surface area (Å²) >= 11 is 1.75. The maximum absolute atomic E-state index is 7.37. The molecule has 0 saturated carbocycles. The highest BCUT2D eigenvalue weighted by Gasteiger charge is 2.28. The molecule has 4 aromatic rings. The Morgan fingerprint density at radius 1 is 1.12 bits per heavy atom. The Hall–Kier alpha value is -2.90. The van der Waals surface area contributed by atoms with Gasteiger partial charge < -0.3 is 0 Å². The molecule has 0 fully saturated rings. The fourth-order valence-electron chi connectivity index (χ4n) is 3.75. The van der Waals surface area contributed by atoms with Gasteiger partial charge in [0.25, 0.3) is 6.33 Å². The van der Waals surface area contributed by atoms with E-state index in [1.807, 2.05) is 25.5 Å². The van der Waals surface area contributed by atoms with Crippen molar-refractivity contribution in [2.24, 2.45) is 7.05 Å². The molecule has 2 heterocycles. The van der Waals surface area contributed by atoms with Crippen LogP contribution in [0, 0.1) is 13.5 Å². The van der Waals surface area contributed by atoms with Crippen LogP contribution in [-0.4, -0.2) is 4.98 Å². The molecule has 4 heteroatoms. The van der Waals surface area contributed by atoms with Crippen LogP contribution in [0.15, 0.2) is 58.6 Å². The van der Waals surface area contributed by atoms with Gasteiger partial charge in [0.15, 0.2) is 11.2 Å². The predicted molar refractivity (Wildman–Crippen MR) is 101 cm³/mol. The minimum absolute atomic E-state index is 0.642. The minimum Gasteiger partial charge on any atom is -0.238 e. The topological polar surface area (TPSA) is 21.1 Å². The Balaban J connectivity index is 1.99. The Morgan fingerprint density at radius 2 is 1.96 bits per heavy atom. The molecule has 3 aromatic carbocycles. The maximum atomic E-state index is 7.37. The van der Waals surface area contributed by atoms with Crippen molar-refractivity contribution in [1.82, 2.24) is 4.98 Å². The normalized spacial score (nSPS) is 12.2. The quantitative estimate of drug-likeness (QED) is 0.285. The molecule has 0 unspecified atom stereocenters. The van der Waals surface area contributed by atoms with Crippen LogP contribution in [0.4, 0.5) is 5.69 Å². The lowest BCUT2D eigenvalue weighted by Gasteiger charge is -2.21. The standard InChI is InChI=1S/C21H14N3S/c1-12-15-7-5-4-6-13(15)8-17-19(12)21-20-16(23-11-24(21)3)9-14(22-2)10-18(20)25-17/h4-11H,1,3H3/q+1. The summed E-state index contributed by atoms with van der Waals surface area (Å²) in [6.07, 6.45) is 1.85. The van der Waals surface area contributed by atoms with Crippen LogP contribution in [0.3, 0.4) is 0 Å². The number of rotatable bonds is 0. The molecular formula is C21H14N3S+. The van der Waals surface area contributed by atoms with Crippen molar-refractivity contribution in [3.05, 3.63) is 65.8 Å². The third kappa shape index (κ3) is 1.93. The van der Waals surface area contributed by atoms with Crippen molar-refractivity contribution in [3.8, 4) is 11.3 Å². The van der Waals surface area contributed by atoms with Crippen molar-refractivity contribution in [1.29, 1.82) is 0 Å². The number of nitrogens with zero attached hydrogens (tertiary/aromatic N) is 3. The van der Waals surface area contributed by atoms with Gasteiger partial charge in [-0.15, -0.1) is 0 Å². The summed E-state index contributed by atoms with van der Waals surface area (Å²) < 4.78 is 2.10. The number of aryl methyl sites for hydroxylation is 2. The summed E-state index contributed by atoms with van der Waals surface area (Å²) in [5, 5.41) is 3.69. The molecule has 1 aliphatic heterocycles. The van der Waals surface area contributed by atoms with E-state index in [0.29, 0.717) is 5.69 Å². The molecule has 25 heavy (non-hydrogen) atoms. The number of fused-ring (bicyclic) bond motifs is 3. The summed E-state index contributed by atoms with van der Waals surface area (Å²) in [4.78, 5) is 10.5. The van der Waals surface area contributed by atoms with E-state index in [1.54, 1.807) is 11.8 Å². The first-order valence-electron chi connectivity index (χ1n) is 8.08. The first kappa shape index (κ1) is 14.4. The molecule has 0 amide bonds. The van der Waals surface area contributed by atoms with Crippen molar-refractivity contribution >= 4 is 39.1 Å². The molecule has 0 bridgehead atoms.